The van der Waals surface area contributed by atoms with Gasteiger partial charge in [0.05, 0.1) is 25.6 Å². The molecule has 2 aromatic rings. The Morgan fingerprint density at radius 3 is 2.35 bits per heavy atom. The number of nitrogens with zero attached hydrogens (tertiary/aromatic N) is 2. The molecule has 1 heterocycles. The van der Waals surface area contributed by atoms with E-state index < -0.39 is 0 Å². The van der Waals surface area contributed by atoms with E-state index in [1.54, 1.807) is 14.2 Å². The monoisotopic (exact) mass is 275 g/mol. The number of benzene rings is 1. The van der Waals surface area contributed by atoms with E-state index in [2.05, 4.69) is 12.0 Å². The van der Waals surface area contributed by atoms with Gasteiger partial charge in [0.15, 0.2) is 0 Å². The summed E-state index contributed by atoms with van der Waals surface area (Å²) in [7, 11) is 3.31. The number of rotatable bonds is 6. The Kier molecular flexibility index (Phi) is 4.63. The molecular formula is C15H21N3O2. The van der Waals surface area contributed by atoms with Crippen molar-refractivity contribution < 1.29 is 9.47 Å². The lowest BCUT2D eigenvalue weighted by atomic mass is 10.1. The number of aryl methyl sites for hydroxylation is 1. The highest BCUT2D eigenvalue weighted by atomic mass is 16.5. The number of hydrogen-bond donors (Lipinski definition) is 1. The van der Waals surface area contributed by atoms with Crippen molar-refractivity contribution >= 4 is 0 Å². The number of hydrogen-bond acceptors (Lipinski definition) is 4. The molecular weight excluding hydrogens is 254 g/mol. The van der Waals surface area contributed by atoms with E-state index in [1.807, 2.05) is 28.9 Å². The summed E-state index contributed by atoms with van der Waals surface area (Å²) in [5.41, 5.74) is 8.75. The molecule has 1 aromatic carbocycles. The minimum atomic E-state index is 0.581. The molecule has 108 valence electrons. The molecule has 0 amide bonds. The summed E-state index contributed by atoms with van der Waals surface area (Å²) in [6.45, 7) is 2.66. The molecule has 0 saturated heterocycles. The van der Waals surface area contributed by atoms with Crippen LogP contribution in [0.3, 0.4) is 0 Å². The maximum atomic E-state index is 5.68. The van der Waals surface area contributed by atoms with Gasteiger partial charge in [-0.3, -0.25) is 0 Å². The Morgan fingerprint density at radius 2 is 1.85 bits per heavy atom. The average Bonchev–Trinajstić information content (AvgIpc) is 2.85. The lowest BCUT2D eigenvalue weighted by Gasteiger charge is -2.08. The molecule has 0 atom stereocenters. The molecule has 0 aliphatic rings. The van der Waals surface area contributed by atoms with Crippen LogP contribution in [0.4, 0.5) is 0 Å². The van der Waals surface area contributed by atoms with Crippen molar-refractivity contribution in [3.63, 3.8) is 0 Å². The number of nitrogens with two attached hydrogens (primary N) is 1. The number of ether oxygens (including phenoxy) is 2. The number of aromatic nitrogens is 2. The van der Waals surface area contributed by atoms with Crippen LogP contribution in [-0.2, 0) is 12.8 Å². The fourth-order valence-corrected chi connectivity index (χ4v) is 2.27. The van der Waals surface area contributed by atoms with Crippen molar-refractivity contribution in [3.05, 3.63) is 35.5 Å². The minimum absolute atomic E-state index is 0.581. The van der Waals surface area contributed by atoms with Crippen molar-refractivity contribution in [1.82, 2.24) is 9.78 Å². The third-order valence-corrected chi connectivity index (χ3v) is 3.26. The van der Waals surface area contributed by atoms with Crippen molar-refractivity contribution in [1.29, 1.82) is 0 Å². The molecule has 0 saturated carbocycles. The van der Waals surface area contributed by atoms with E-state index in [4.69, 9.17) is 15.2 Å². The Labute approximate surface area is 119 Å². The molecule has 0 aliphatic carbocycles. The first kappa shape index (κ1) is 14.4. The van der Waals surface area contributed by atoms with Gasteiger partial charge >= 0.3 is 0 Å². The summed E-state index contributed by atoms with van der Waals surface area (Å²) >= 11 is 0. The van der Waals surface area contributed by atoms with E-state index in [0.29, 0.717) is 6.54 Å². The molecule has 5 heteroatoms. The molecule has 20 heavy (non-hydrogen) atoms. The van der Waals surface area contributed by atoms with Crippen molar-refractivity contribution in [3.8, 4) is 17.3 Å². The average molecular weight is 275 g/mol. The van der Waals surface area contributed by atoms with Gasteiger partial charge in [0.25, 0.3) is 0 Å². The summed E-state index contributed by atoms with van der Waals surface area (Å²) < 4.78 is 12.5. The number of methoxy groups -OCH3 is 2. The third kappa shape index (κ3) is 2.63. The maximum absolute atomic E-state index is 5.68. The normalized spacial score (nSPS) is 10.6. The maximum Gasteiger partial charge on any atom is 0.219 e. The molecule has 1 aromatic heterocycles. The molecule has 2 N–H and O–H groups in total. The first-order valence-electron chi connectivity index (χ1n) is 6.74. The Morgan fingerprint density at radius 1 is 1.15 bits per heavy atom. The van der Waals surface area contributed by atoms with Gasteiger partial charge in [0, 0.05) is 5.56 Å². The summed E-state index contributed by atoms with van der Waals surface area (Å²) in [4.78, 5) is 0. The molecule has 5 nitrogen and oxygen atoms in total. The van der Waals surface area contributed by atoms with Gasteiger partial charge < -0.3 is 15.2 Å². The van der Waals surface area contributed by atoms with Gasteiger partial charge in [0.1, 0.15) is 5.75 Å². The third-order valence-electron chi connectivity index (χ3n) is 3.26. The fourth-order valence-electron chi connectivity index (χ4n) is 2.27. The lowest BCUT2D eigenvalue weighted by Crippen LogP contribution is -2.05. The standard InChI is InChI=1S/C15H21N3O2/c1-4-14-13(9-10-16)15(20-3)18(17-14)11-5-7-12(19-2)8-6-11/h5-8H,4,9-10,16H2,1-3H3. The van der Waals surface area contributed by atoms with Crippen LogP contribution in [-0.4, -0.2) is 30.5 Å². The smallest absolute Gasteiger partial charge is 0.219 e. The topological polar surface area (TPSA) is 62.3 Å². The van der Waals surface area contributed by atoms with E-state index in [9.17, 15) is 0 Å². The molecule has 0 aliphatic heterocycles. The van der Waals surface area contributed by atoms with Gasteiger partial charge in [-0.1, -0.05) is 6.92 Å². The lowest BCUT2D eigenvalue weighted by molar-refractivity contribution is 0.379. The fraction of sp³-hybridized carbons (Fsp3) is 0.400. The van der Waals surface area contributed by atoms with Gasteiger partial charge in [-0.2, -0.15) is 5.10 Å². The highest BCUT2D eigenvalue weighted by molar-refractivity contribution is 5.43. The van der Waals surface area contributed by atoms with Crippen LogP contribution in [0.15, 0.2) is 24.3 Å². The minimum Gasteiger partial charge on any atom is -0.497 e. The Balaban J connectivity index is 2.48. The van der Waals surface area contributed by atoms with Crippen molar-refractivity contribution in [2.45, 2.75) is 19.8 Å². The Bertz CT molecular complexity index is 561. The van der Waals surface area contributed by atoms with E-state index in [1.165, 1.54) is 0 Å². The van der Waals surface area contributed by atoms with Crippen LogP contribution in [0, 0.1) is 0 Å². The molecule has 0 bridgehead atoms. The van der Waals surface area contributed by atoms with Crippen LogP contribution in [0.2, 0.25) is 0 Å². The second-order valence-corrected chi connectivity index (χ2v) is 4.44. The zero-order chi connectivity index (χ0) is 14.5. The van der Waals surface area contributed by atoms with E-state index in [-0.39, 0.29) is 0 Å². The van der Waals surface area contributed by atoms with Crippen LogP contribution in [0.1, 0.15) is 18.2 Å². The zero-order valence-corrected chi connectivity index (χ0v) is 12.2. The van der Waals surface area contributed by atoms with Crippen LogP contribution in [0.25, 0.3) is 5.69 Å². The second-order valence-electron chi connectivity index (χ2n) is 4.44. The highest BCUT2D eigenvalue weighted by Gasteiger charge is 2.17. The second kappa shape index (κ2) is 6.43. The molecule has 0 unspecified atom stereocenters. The predicted octanol–water partition coefficient (Wildman–Crippen LogP) is 1.95. The predicted molar refractivity (Wildman–Crippen MR) is 78.8 cm³/mol. The first-order chi connectivity index (χ1) is 9.74. The SMILES string of the molecule is CCc1nn(-c2ccc(OC)cc2)c(OC)c1CCN. The van der Waals surface area contributed by atoms with Crippen molar-refractivity contribution in [2.24, 2.45) is 5.73 Å². The molecule has 0 spiro atoms. The molecule has 0 fully saturated rings. The van der Waals surface area contributed by atoms with Crippen LogP contribution >= 0.6 is 0 Å². The summed E-state index contributed by atoms with van der Waals surface area (Å²) in [6, 6.07) is 7.73. The quantitative estimate of drug-likeness (QED) is 0.875. The van der Waals surface area contributed by atoms with Crippen LogP contribution in [0.5, 0.6) is 11.6 Å². The van der Waals surface area contributed by atoms with E-state index >= 15 is 0 Å². The summed E-state index contributed by atoms with van der Waals surface area (Å²) in [5.74, 6) is 1.58. The highest BCUT2D eigenvalue weighted by Crippen LogP contribution is 2.27. The van der Waals surface area contributed by atoms with Gasteiger partial charge in [-0.25, -0.2) is 4.68 Å². The van der Waals surface area contributed by atoms with Gasteiger partial charge in [-0.05, 0) is 43.7 Å². The van der Waals surface area contributed by atoms with E-state index in [0.717, 1.165) is 41.4 Å². The van der Waals surface area contributed by atoms with Gasteiger partial charge in [0.2, 0.25) is 5.88 Å². The largest absolute Gasteiger partial charge is 0.497 e. The zero-order valence-electron chi connectivity index (χ0n) is 12.2. The molecule has 0 radical (unpaired) electrons. The summed E-state index contributed by atoms with van der Waals surface area (Å²) in [5, 5.41) is 4.64. The summed E-state index contributed by atoms with van der Waals surface area (Å²) in [6.07, 6.45) is 1.62. The first-order valence-corrected chi connectivity index (χ1v) is 6.74. The Hall–Kier alpha value is -2.01. The van der Waals surface area contributed by atoms with Gasteiger partial charge in [-0.15, -0.1) is 0 Å². The van der Waals surface area contributed by atoms with Crippen molar-refractivity contribution in [2.75, 3.05) is 20.8 Å². The van der Waals surface area contributed by atoms with Crippen LogP contribution < -0.4 is 15.2 Å². The molecule has 2 rings (SSSR count).